The molecule has 0 fully saturated rings. The van der Waals surface area contributed by atoms with Gasteiger partial charge in [0.05, 0.1) is 5.01 Å². The quantitative estimate of drug-likeness (QED) is 0.472. The molecule has 0 unspecified atom stereocenters. The Morgan fingerprint density at radius 2 is 1.93 bits per heavy atom. The number of aryl methyl sites for hydroxylation is 3. The number of nitrogens with one attached hydrogen (secondary N) is 2. The third-order valence-corrected chi connectivity index (χ3v) is 5.11. The van der Waals surface area contributed by atoms with Crippen molar-refractivity contribution in [1.82, 2.24) is 19.5 Å². The van der Waals surface area contributed by atoms with Gasteiger partial charge in [-0.05, 0) is 51.1 Å². The lowest BCUT2D eigenvalue weighted by molar-refractivity contribution is 0.214. The fourth-order valence-electron chi connectivity index (χ4n) is 2.93. The SMILES string of the molecule is Cc1cc(NC(=O)Oc2nc(C)sc2Nc2cccc(-n3ccnc3C)c2)ccn1. The lowest BCUT2D eigenvalue weighted by atomic mass is 10.2. The third-order valence-electron chi connectivity index (χ3n) is 4.24. The summed E-state index contributed by atoms with van der Waals surface area (Å²) in [6, 6.07) is 11.3. The Morgan fingerprint density at radius 1 is 1.07 bits per heavy atom. The molecule has 0 bridgehead atoms. The molecular formula is C21H20N6O2S. The molecule has 4 aromatic rings. The number of anilines is 3. The molecule has 0 saturated carbocycles. The maximum Gasteiger partial charge on any atom is 0.418 e. The van der Waals surface area contributed by atoms with Crippen LogP contribution in [0.1, 0.15) is 16.5 Å². The Kier molecular flexibility index (Phi) is 5.44. The Hall–Kier alpha value is -3.72. The molecule has 4 rings (SSSR count). The molecule has 2 N–H and O–H groups in total. The molecule has 1 aromatic carbocycles. The monoisotopic (exact) mass is 420 g/mol. The van der Waals surface area contributed by atoms with E-state index in [4.69, 9.17) is 4.74 Å². The van der Waals surface area contributed by atoms with Gasteiger partial charge in [-0.15, -0.1) is 0 Å². The number of hydrogen-bond acceptors (Lipinski definition) is 7. The molecule has 0 spiro atoms. The van der Waals surface area contributed by atoms with Crippen LogP contribution in [-0.4, -0.2) is 25.6 Å². The number of benzene rings is 1. The smallest absolute Gasteiger partial charge is 0.388 e. The molecule has 0 aliphatic rings. The lowest BCUT2D eigenvalue weighted by Crippen LogP contribution is -2.17. The Morgan fingerprint density at radius 3 is 2.70 bits per heavy atom. The van der Waals surface area contributed by atoms with Gasteiger partial charge in [0.1, 0.15) is 5.82 Å². The fourth-order valence-corrected chi connectivity index (χ4v) is 3.69. The average Bonchev–Trinajstić information content (AvgIpc) is 3.27. The first-order valence-corrected chi connectivity index (χ1v) is 10.1. The minimum atomic E-state index is -0.614. The molecule has 3 aromatic heterocycles. The van der Waals surface area contributed by atoms with Crippen molar-refractivity contribution < 1.29 is 9.53 Å². The summed E-state index contributed by atoms with van der Waals surface area (Å²) in [5.41, 5.74) is 3.23. The van der Waals surface area contributed by atoms with Gasteiger partial charge in [0.2, 0.25) is 0 Å². The topological polar surface area (TPSA) is 94.0 Å². The summed E-state index contributed by atoms with van der Waals surface area (Å²) in [7, 11) is 0. The average molecular weight is 420 g/mol. The highest BCUT2D eigenvalue weighted by atomic mass is 32.1. The van der Waals surface area contributed by atoms with Crippen LogP contribution in [-0.2, 0) is 0 Å². The second-order valence-corrected chi connectivity index (χ2v) is 7.79. The maximum atomic E-state index is 12.3. The van der Waals surface area contributed by atoms with Crippen molar-refractivity contribution in [3.05, 3.63) is 71.5 Å². The van der Waals surface area contributed by atoms with Crippen molar-refractivity contribution in [2.75, 3.05) is 10.6 Å². The Balaban J connectivity index is 1.51. The molecule has 1 amide bonds. The van der Waals surface area contributed by atoms with E-state index in [2.05, 4.69) is 25.6 Å². The van der Waals surface area contributed by atoms with Gasteiger partial charge >= 0.3 is 6.09 Å². The van der Waals surface area contributed by atoms with Gasteiger partial charge in [0, 0.05) is 41.3 Å². The number of carbonyl (C=O) groups is 1. The molecule has 0 atom stereocenters. The number of rotatable bonds is 5. The van der Waals surface area contributed by atoms with Crippen LogP contribution in [0.15, 0.2) is 55.0 Å². The number of nitrogens with zero attached hydrogens (tertiary/aromatic N) is 4. The molecule has 30 heavy (non-hydrogen) atoms. The van der Waals surface area contributed by atoms with E-state index in [0.29, 0.717) is 10.7 Å². The van der Waals surface area contributed by atoms with Crippen LogP contribution in [0.5, 0.6) is 5.88 Å². The number of amides is 1. The van der Waals surface area contributed by atoms with Crippen molar-refractivity contribution >= 4 is 33.8 Å². The second-order valence-electron chi connectivity index (χ2n) is 6.59. The maximum absolute atomic E-state index is 12.3. The van der Waals surface area contributed by atoms with E-state index in [9.17, 15) is 4.79 Å². The first-order valence-electron chi connectivity index (χ1n) is 9.24. The summed E-state index contributed by atoms with van der Waals surface area (Å²) in [5, 5.41) is 7.42. The van der Waals surface area contributed by atoms with Crippen molar-refractivity contribution in [3.8, 4) is 11.6 Å². The molecule has 0 aliphatic heterocycles. The van der Waals surface area contributed by atoms with Crippen LogP contribution in [0.4, 0.5) is 21.2 Å². The largest absolute Gasteiger partial charge is 0.418 e. The minimum absolute atomic E-state index is 0.227. The highest BCUT2D eigenvalue weighted by Crippen LogP contribution is 2.34. The molecular weight excluding hydrogens is 400 g/mol. The standard InChI is InChI=1S/C21H20N6O2S/c1-13-11-17(7-8-22-13)26-21(28)29-19-20(30-15(3)24-19)25-16-5-4-6-18(12-16)27-10-9-23-14(27)2/h4-12,25H,1-3H3,(H,22,26,28). The summed E-state index contributed by atoms with van der Waals surface area (Å²) in [6.07, 6.45) is 4.68. The molecule has 0 aliphatic carbocycles. The minimum Gasteiger partial charge on any atom is -0.388 e. The van der Waals surface area contributed by atoms with Gasteiger partial charge in [-0.2, -0.15) is 0 Å². The van der Waals surface area contributed by atoms with Crippen LogP contribution in [0, 0.1) is 20.8 Å². The van der Waals surface area contributed by atoms with E-state index in [-0.39, 0.29) is 5.88 Å². The van der Waals surface area contributed by atoms with E-state index in [0.717, 1.165) is 27.9 Å². The number of hydrogen-bond donors (Lipinski definition) is 2. The second kappa shape index (κ2) is 8.34. The summed E-state index contributed by atoms with van der Waals surface area (Å²) >= 11 is 1.41. The third kappa shape index (κ3) is 4.47. The number of carbonyl (C=O) groups excluding carboxylic acids is 1. The number of aromatic nitrogens is 4. The van der Waals surface area contributed by atoms with Crippen LogP contribution in [0.3, 0.4) is 0 Å². The summed E-state index contributed by atoms with van der Waals surface area (Å²) in [5.74, 6) is 1.12. The summed E-state index contributed by atoms with van der Waals surface area (Å²) in [6.45, 7) is 5.65. The summed E-state index contributed by atoms with van der Waals surface area (Å²) in [4.78, 5) is 25.0. The van der Waals surface area contributed by atoms with Gasteiger partial charge in [0.25, 0.3) is 5.88 Å². The van der Waals surface area contributed by atoms with E-state index >= 15 is 0 Å². The van der Waals surface area contributed by atoms with Gasteiger partial charge < -0.3 is 14.6 Å². The van der Waals surface area contributed by atoms with Crippen molar-refractivity contribution in [1.29, 1.82) is 0 Å². The van der Waals surface area contributed by atoms with E-state index < -0.39 is 6.09 Å². The number of thiazole rings is 1. The number of pyridine rings is 1. The first kappa shape index (κ1) is 19.6. The highest BCUT2D eigenvalue weighted by molar-refractivity contribution is 7.16. The number of imidazole rings is 1. The van der Waals surface area contributed by atoms with Crippen LogP contribution >= 0.6 is 11.3 Å². The van der Waals surface area contributed by atoms with Crippen LogP contribution in [0.2, 0.25) is 0 Å². The van der Waals surface area contributed by atoms with E-state index in [1.807, 2.05) is 55.8 Å². The van der Waals surface area contributed by atoms with Crippen LogP contribution in [0.25, 0.3) is 5.69 Å². The number of ether oxygens (including phenoxy) is 1. The molecule has 0 radical (unpaired) electrons. The molecule has 3 heterocycles. The van der Waals surface area contributed by atoms with Crippen molar-refractivity contribution in [3.63, 3.8) is 0 Å². The predicted octanol–water partition coefficient (Wildman–Crippen LogP) is 5.00. The fraction of sp³-hybridized carbons (Fsp3) is 0.143. The van der Waals surface area contributed by atoms with Gasteiger partial charge in [-0.1, -0.05) is 17.4 Å². The first-order chi connectivity index (χ1) is 14.5. The Labute approximate surface area is 177 Å². The molecule has 0 saturated heterocycles. The zero-order chi connectivity index (χ0) is 21.1. The molecule has 9 heteroatoms. The van der Waals surface area contributed by atoms with Gasteiger partial charge in [-0.25, -0.2) is 14.8 Å². The van der Waals surface area contributed by atoms with Crippen molar-refractivity contribution in [2.24, 2.45) is 0 Å². The normalized spacial score (nSPS) is 10.6. The van der Waals surface area contributed by atoms with Gasteiger partial charge in [0.15, 0.2) is 5.00 Å². The zero-order valence-electron chi connectivity index (χ0n) is 16.7. The molecule has 152 valence electrons. The van der Waals surface area contributed by atoms with Gasteiger partial charge in [-0.3, -0.25) is 10.3 Å². The summed E-state index contributed by atoms with van der Waals surface area (Å²) < 4.78 is 7.45. The molecule has 8 nitrogen and oxygen atoms in total. The highest BCUT2D eigenvalue weighted by Gasteiger charge is 2.16. The van der Waals surface area contributed by atoms with E-state index in [1.165, 1.54) is 11.3 Å². The zero-order valence-corrected chi connectivity index (χ0v) is 17.5. The predicted molar refractivity (Wildman–Crippen MR) is 117 cm³/mol. The van der Waals surface area contributed by atoms with E-state index in [1.54, 1.807) is 24.5 Å². The van der Waals surface area contributed by atoms with Crippen LogP contribution < -0.4 is 15.4 Å². The Bertz CT molecular complexity index is 1200. The van der Waals surface area contributed by atoms with Crippen molar-refractivity contribution in [2.45, 2.75) is 20.8 Å². The lowest BCUT2D eigenvalue weighted by Gasteiger charge is -2.10.